The number of benzene rings is 1. The molecule has 0 spiro atoms. The van der Waals surface area contributed by atoms with Crippen LogP contribution in [0, 0.1) is 5.41 Å². The van der Waals surface area contributed by atoms with Gasteiger partial charge in [-0.1, -0.05) is 24.8 Å². The number of Topliss-reactive ketones (excluding diaryl/α,β-unsaturated/α-hetero) is 1. The first kappa shape index (κ1) is 13.9. The van der Waals surface area contributed by atoms with Gasteiger partial charge in [-0.25, -0.2) is 4.79 Å². The summed E-state index contributed by atoms with van der Waals surface area (Å²) in [6, 6.07) is 3.97. The molecule has 20 heavy (non-hydrogen) atoms. The summed E-state index contributed by atoms with van der Waals surface area (Å²) in [5.41, 5.74) is -0.0614. The van der Waals surface area contributed by atoms with Crippen molar-refractivity contribution in [2.75, 3.05) is 0 Å². The molecule has 0 amide bonds. The molecular formula is C13H9NO5S. The topological polar surface area (TPSA) is 101 Å². The van der Waals surface area contributed by atoms with E-state index in [0.29, 0.717) is 0 Å². The molecule has 7 heteroatoms. The van der Waals surface area contributed by atoms with Crippen LogP contribution in [0.25, 0.3) is 6.08 Å². The second kappa shape index (κ2) is 4.86. The van der Waals surface area contributed by atoms with Crippen molar-refractivity contribution in [1.82, 2.24) is 0 Å². The minimum Gasteiger partial charge on any atom is -0.338 e. The number of ketones is 1. The lowest BCUT2D eigenvalue weighted by Crippen LogP contribution is -2.19. The van der Waals surface area contributed by atoms with Gasteiger partial charge in [0.05, 0.1) is 0 Å². The number of hydrogen-bond donors (Lipinski definition) is 1. The van der Waals surface area contributed by atoms with Gasteiger partial charge in [-0.05, 0) is 12.1 Å². The Labute approximate surface area is 115 Å². The Kier molecular flexibility index (Phi) is 3.37. The average Bonchev–Trinajstić information content (AvgIpc) is 2.42. The van der Waals surface area contributed by atoms with Gasteiger partial charge in [0, 0.05) is 17.2 Å². The van der Waals surface area contributed by atoms with Gasteiger partial charge in [0.25, 0.3) is 0 Å². The summed E-state index contributed by atoms with van der Waals surface area (Å²) in [5, 5.41) is 7.41. The van der Waals surface area contributed by atoms with E-state index in [1.807, 2.05) is 0 Å². The third-order valence-corrected chi connectivity index (χ3v) is 3.88. The third kappa shape index (κ3) is 2.30. The molecule has 0 radical (unpaired) electrons. The summed E-state index contributed by atoms with van der Waals surface area (Å²) < 4.78 is 28.3. The zero-order valence-electron chi connectivity index (χ0n) is 10.1. The van der Waals surface area contributed by atoms with Gasteiger partial charge in [0.2, 0.25) is 5.78 Å². The molecule has 0 saturated carbocycles. The number of carbonyl (C=O) groups excluding carboxylic acids is 2. The van der Waals surface area contributed by atoms with Crippen LogP contribution in [-0.4, -0.2) is 25.9 Å². The molecule has 0 unspecified atom stereocenters. The largest absolute Gasteiger partial charge is 0.346 e. The highest BCUT2D eigenvalue weighted by Gasteiger charge is 2.27. The first-order valence-electron chi connectivity index (χ1n) is 5.42. The van der Waals surface area contributed by atoms with Crippen LogP contribution in [0.4, 0.5) is 0 Å². The molecule has 0 atom stereocenters. The highest BCUT2D eigenvalue weighted by molar-refractivity contribution is 7.87. The van der Waals surface area contributed by atoms with E-state index in [2.05, 4.69) is 10.8 Å². The molecule has 0 saturated heterocycles. The number of carbonyl (C=O) groups is 2. The molecule has 102 valence electrons. The van der Waals surface area contributed by atoms with Gasteiger partial charge in [0.1, 0.15) is 10.6 Å². The lowest BCUT2D eigenvalue weighted by Gasteiger charge is -2.14. The Morgan fingerprint density at radius 2 is 2.00 bits per heavy atom. The fourth-order valence-corrected chi connectivity index (χ4v) is 2.77. The average molecular weight is 291 g/mol. The lowest BCUT2D eigenvalue weighted by molar-refractivity contribution is -0.128. The maximum Gasteiger partial charge on any atom is 0.346 e. The van der Waals surface area contributed by atoms with E-state index in [1.165, 1.54) is 30.4 Å². The lowest BCUT2D eigenvalue weighted by atomic mass is 9.95. The first-order chi connectivity index (χ1) is 9.36. The Balaban J connectivity index is 2.60. The predicted molar refractivity (Wildman–Crippen MR) is 71.0 cm³/mol. The molecule has 1 aromatic rings. The minimum atomic E-state index is -4.35. The maximum absolute atomic E-state index is 12.0. The predicted octanol–water partition coefficient (Wildman–Crippen LogP) is 1.33. The molecule has 0 fully saturated rings. The fraction of sp³-hybridized carbons (Fsp3) is 0. The van der Waals surface area contributed by atoms with Crippen LogP contribution in [0.1, 0.15) is 15.9 Å². The van der Waals surface area contributed by atoms with Crippen molar-refractivity contribution in [3.05, 3.63) is 48.1 Å². The summed E-state index contributed by atoms with van der Waals surface area (Å²) in [7, 11) is -4.35. The van der Waals surface area contributed by atoms with E-state index in [-0.39, 0.29) is 21.7 Å². The number of fused-ring (bicyclic) bond motifs is 1. The van der Waals surface area contributed by atoms with Crippen molar-refractivity contribution in [3.63, 3.8) is 0 Å². The number of nitrogens with one attached hydrogen (secondary N) is 1. The van der Waals surface area contributed by atoms with E-state index >= 15 is 0 Å². The molecule has 6 nitrogen and oxygen atoms in total. The van der Waals surface area contributed by atoms with Crippen molar-refractivity contribution >= 4 is 33.7 Å². The SMILES string of the molecule is C=CC(=O)OS(=O)(=O)c1cccc2c1C=CC(=N)C2=O. The molecule has 2 rings (SSSR count). The fourth-order valence-electron chi connectivity index (χ4n) is 1.71. The van der Waals surface area contributed by atoms with Crippen LogP contribution in [0.5, 0.6) is 0 Å². The van der Waals surface area contributed by atoms with Crippen molar-refractivity contribution in [2.24, 2.45) is 0 Å². The molecule has 0 heterocycles. The molecule has 0 aliphatic heterocycles. The highest BCUT2D eigenvalue weighted by atomic mass is 32.2. The number of rotatable bonds is 3. The van der Waals surface area contributed by atoms with E-state index in [4.69, 9.17) is 5.41 Å². The Morgan fingerprint density at radius 1 is 1.30 bits per heavy atom. The zero-order chi connectivity index (χ0) is 14.9. The second-order valence-corrected chi connectivity index (χ2v) is 5.37. The van der Waals surface area contributed by atoms with Gasteiger partial charge in [-0.2, -0.15) is 8.42 Å². The molecule has 0 aromatic heterocycles. The Hall–Kier alpha value is -2.54. The van der Waals surface area contributed by atoms with Crippen molar-refractivity contribution < 1.29 is 22.2 Å². The van der Waals surface area contributed by atoms with E-state index < -0.39 is 21.9 Å². The molecular weight excluding hydrogens is 282 g/mol. The van der Waals surface area contributed by atoms with Crippen LogP contribution in [-0.2, 0) is 19.1 Å². The first-order valence-corrected chi connectivity index (χ1v) is 6.83. The van der Waals surface area contributed by atoms with Crippen molar-refractivity contribution in [3.8, 4) is 0 Å². The van der Waals surface area contributed by atoms with Crippen LogP contribution in [0.3, 0.4) is 0 Å². The Bertz CT molecular complexity index is 774. The van der Waals surface area contributed by atoms with Gasteiger partial charge >= 0.3 is 16.1 Å². The summed E-state index contributed by atoms with van der Waals surface area (Å²) in [4.78, 5) is 22.5. The van der Waals surface area contributed by atoms with Crippen LogP contribution in [0.15, 0.2) is 41.8 Å². The molecule has 0 bridgehead atoms. The summed E-state index contributed by atoms with van der Waals surface area (Å²) in [5.74, 6) is -1.70. The summed E-state index contributed by atoms with van der Waals surface area (Å²) >= 11 is 0. The van der Waals surface area contributed by atoms with Gasteiger partial charge in [0.15, 0.2) is 0 Å². The van der Waals surface area contributed by atoms with Crippen molar-refractivity contribution in [1.29, 1.82) is 5.41 Å². The number of hydrogen-bond acceptors (Lipinski definition) is 6. The summed E-state index contributed by atoms with van der Waals surface area (Å²) in [6.45, 7) is 3.11. The Morgan fingerprint density at radius 3 is 2.65 bits per heavy atom. The van der Waals surface area contributed by atoms with Crippen molar-refractivity contribution in [2.45, 2.75) is 4.90 Å². The molecule has 1 aliphatic carbocycles. The van der Waals surface area contributed by atoms with Crippen LogP contribution in [0.2, 0.25) is 0 Å². The monoisotopic (exact) mass is 291 g/mol. The van der Waals surface area contributed by atoms with Gasteiger partial charge in [-0.3, -0.25) is 10.2 Å². The smallest absolute Gasteiger partial charge is 0.338 e. The normalized spacial score (nSPS) is 13.8. The number of allylic oxidation sites excluding steroid dienone is 1. The van der Waals surface area contributed by atoms with Gasteiger partial charge in [-0.15, -0.1) is 0 Å². The van der Waals surface area contributed by atoms with E-state index in [9.17, 15) is 18.0 Å². The van der Waals surface area contributed by atoms with E-state index in [0.717, 1.165) is 6.08 Å². The molecule has 1 aromatic carbocycles. The highest BCUT2D eigenvalue weighted by Crippen LogP contribution is 2.26. The second-order valence-electron chi connectivity index (χ2n) is 3.85. The third-order valence-electron chi connectivity index (χ3n) is 2.60. The van der Waals surface area contributed by atoms with Crippen LogP contribution >= 0.6 is 0 Å². The van der Waals surface area contributed by atoms with Gasteiger partial charge < -0.3 is 4.18 Å². The minimum absolute atomic E-state index is 0.0771. The zero-order valence-corrected chi connectivity index (χ0v) is 10.9. The molecule has 1 N–H and O–H groups in total. The van der Waals surface area contributed by atoms with E-state index in [1.54, 1.807) is 0 Å². The molecule has 1 aliphatic rings. The van der Waals surface area contributed by atoms with Crippen LogP contribution < -0.4 is 0 Å². The summed E-state index contributed by atoms with van der Waals surface area (Å²) in [6.07, 6.45) is 3.25. The standard InChI is InChI=1S/C13H9NO5S/c1-2-12(15)19-20(17,18)11-5-3-4-9-8(11)6-7-10(14)13(9)16/h2-7,14H,1H2. The maximum atomic E-state index is 12.0. The quantitative estimate of drug-likeness (QED) is 0.668.